The molecule has 1 amide bonds. The predicted molar refractivity (Wildman–Crippen MR) is 79.9 cm³/mol. The van der Waals surface area contributed by atoms with Gasteiger partial charge in [-0.2, -0.15) is 0 Å². The lowest BCUT2D eigenvalue weighted by atomic mass is 10.1. The number of carbonyl (C=O) groups excluding carboxylic acids is 1. The van der Waals surface area contributed by atoms with E-state index >= 15 is 0 Å². The fourth-order valence-electron chi connectivity index (χ4n) is 2.30. The molecule has 0 N–H and O–H groups in total. The van der Waals surface area contributed by atoms with Gasteiger partial charge in [-0.05, 0) is 25.0 Å². The molecule has 0 saturated carbocycles. The molecule has 106 valence electrons. The lowest BCUT2D eigenvalue weighted by Gasteiger charge is -2.30. The summed E-state index contributed by atoms with van der Waals surface area (Å²) in [6.45, 7) is 6.12. The van der Waals surface area contributed by atoms with E-state index in [1.165, 1.54) is 0 Å². The van der Waals surface area contributed by atoms with Crippen molar-refractivity contribution in [2.75, 3.05) is 18.6 Å². The molecule has 0 bridgehead atoms. The molecular formula is C15H22ClNO2. The van der Waals surface area contributed by atoms with Gasteiger partial charge in [0.1, 0.15) is 0 Å². The van der Waals surface area contributed by atoms with Gasteiger partial charge in [-0.15, -0.1) is 0 Å². The Kier molecular flexibility index (Phi) is 6.32. The maximum absolute atomic E-state index is 12.0. The summed E-state index contributed by atoms with van der Waals surface area (Å²) in [5.41, 5.74) is 1.93. The Labute approximate surface area is 120 Å². The summed E-state index contributed by atoms with van der Waals surface area (Å²) in [6, 6.07) is 5.74. The summed E-state index contributed by atoms with van der Waals surface area (Å²) in [6.07, 6.45) is 1.91. The number of halogens is 1. The second-order valence-corrected chi connectivity index (χ2v) is 5.10. The Hall–Kier alpha value is -1.06. The normalized spacial score (nSPS) is 12.3. The van der Waals surface area contributed by atoms with Crippen molar-refractivity contribution in [2.45, 2.75) is 39.7 Å². The first-order valence-corrected chi connectivity index (χ1v) is 6.96. The minimum absolute atomic E-state index is 0.0185. The van der Waals surface area contributed by atoms with Crippen molar-refractivity contribution >= 4 is 23.2 Å². The largest absolute Gasteiger partial charge is 0.383 e. The minimum atomic E-state index is -0.0435. The number of hydrogen-bond acceptors (Lipinski definition) is 2. The summed E-state index contributed by atoms with van der Waals surface area (Å²) in [5.74, 6) is -0.0185. The number of methoxy groups -OCH3 is 1. The minimum Gasteiger partial charge on any atom is -0.383 e. The topological polar surface area (TPSA) is 29.5 Å². The molecule has 0 aliphatic rings. The fourth-order valence-corrected chi connectivity index (χ4v) is 2.59. The van der Waals surface area contributed by atoms with Crippen LogP contribution in [0.1, 0.15) is 32.8 Å². The molecule has 0 spiro atoms. The van der Waals surface area contributed by atoms with Gasteiger partial charge in [0.2, 0.25) is 5.91 Å². The van der Waals surface area contributed by atoms with Gasteiger partial charge in [0.05, 0.1) is 23.4 Å². The van der Waals surface area contributed by atoms with Crippen LogP contribution in [0.4, 0.5) is 5.69 Å². The Morgan fingerprint density at radius 1 is 1.47 bits per heavy atom. The zero-order valence-corrected chi connectivity index (χ0v) is 12.8. The second-order valence-electron chi connectivity index (χ2n) is 4.69. The third-order valence-corrected chi connectivity index (χ3v) is 3.32. The van der Waals surface area contributed by atoms with Crippen molar-refractivity contribution in [1.29, 1.82) is 0 Å². The molecule has 0 heterocycles. The van der Waals surface area contributed by atoms with Crippen LogP contribution in [0.25, 0.3) is 0 Å². The van der Waals surface area contributed by atoms with E-state index in [1.807, 2.05) is 25.1 Å². The molecule has 1 aromatic carbocycles. The highest BCUT2D eigenvalue weighted by molar-refractivity contribution is 6.34. The van der Waals surface area contributed by atoms with Crippen LogP contribution >= 0.6 is 11.6 Å². The van der Waals surface area contributed by atoms with E-state index < -0.39 is 0 Å². The summed E-state index contributed by atoms with van der Waals surface area (Å²) < 4.78 is 5.16. The van der Waals surface area contributed by atoms with Crippen LogP contribution in [0.15, 0.2) is 18.2 Å². The van der Waals surface area contributed by atoms with Gasteiger partial charge in [0.15, 0.2) is 0 Å². The first kappa shape index (κ1) is 16.0. The number of benzene rings is 1. The molecule has 0 radical (unpaired) electrons. The van der Waals surface area contributed by atoms with Crippen molar-refractivity contribution in [2.24, 2.45) is 0 Å². The molecule has 0 aliphatic heterocycles. The highest BCUT2D eigenvalue weighted by atomic mass is 35.5. The summed E-state index contributed by atoms with van der Waals surface area (Å²) >= 11 is 6.31. The third kappa shape index (κ3) is 3.95. The first-order valence-electron chi connectivity index (χ1n) is 6.59. The number of para-hydroxylation sites is 1. The fraction of sp³-hybridized carbons (Fsp3) is 0.533. The summed E-state index contributed by atoms with van der Waals surface area (Å²) in [7, 11) is 1.63. The number of hydrogen-bond donors (Lipinski definition) is 0. The van der Waals surface area contributed by atoms with E-state index in [2.05, 4.69) is 6.92 Å². The van der Waals surface area contributed by atoms with E-state index in [4.69, 9.17) is 16.3 Å². The number of carbonyl (C=O) groups is 1. The van der Waals surface area contributed by atoms with E-state index in [1.54, 1.807) is 18.9 Å². The number of ether oxygens (including phenoxy) is 1. The van der Waals surface area contributed by atoms with Crippen molar-refractivity contribution in [3.05, 3.63) is 28.8 Å². The Morgan fingerprint density at radius 3 is 2.68 bits per heavy atom. The SMILES string of the molecule is CCCc1cccc(Cl)c1N(C(C)=O)C(C)COC. The zero-order valence-electron chi connectivity index (χ0n) is 12.1. The van der Waals surface area contributed by atoms with Crippen LogP contribution in [-0.4, -0.2) is 25.7 Å². The van der Waals surface area contributed by atoms with Crippen LogP contribution in [0.2, 0.25) is 5.02 Å². The van der Waals surface area contributed by atoms with Crippen molar-refractivity contribution in [1.82, 2.24) is 0 Å². The third-order valence-electron chi connectivity index (χ3n) is 3.02. The maximum atomic E-state index is 12.0. The van der Waals surface area contributed by atoms with Crippen LogP contribution in [-0.2, 0) is 16.0 Å². The summed E-state index contributed by atoms with van der Waals surface area (Å²) in [5, 5.41) is 0.615. The average molecular weight is 284 g/mol. The van der Waals surface area contributed by atoms with Gasteiger partial charge in [-0.3, -0.25) is 4.79 Å². The number of rotatable bonds is 6. The molecule has 0 fully saturated rings. The lowest BCUT2D eigenvalue weighted by Crippen LogP contribution is -2.40. The Bertz CT molecular complexity index is 434. The van der Waals surface area contributed by atoms with E-state index in [0.29, 0.717) is 11.6 Å². The molecule has 4 heteroatoms. The molecule has 3 nitrogen and oxygen atoms in total. The van der Waals surface area contributed by atoms with E-state index in [-0.39, 0.29) is 11.9 Å². The molecule has 0 aromatic heterocycles. The maximum Gasteiger partial charge on any atom is 0.224 e. The van der Waals surface area contributed by atoms with Crippen LogP contribution in [0.5, 0.6) is 0 Å². The van der Waals surface area contributed by atoms with Crippen LogP contribution in [0, 0.1) is 0 Å². The van der Waals surface area contributed by atoms with Crippen molar-refractivity contribution in [3.8, 4) is 0 Å². The monoisotopic (exact) mass is 283 g/mol. The Morgan fingerprint density at radius 2 is 2.16 bits per heavy atom. The smallest absolute Gasteiger partial charge is 0.224 e. The van der Waals surface area contributed by atoms with Crippen LogP contribution < -0.4 is 4.90 Å². The van der Waals surface area contributed by atoms with Crippen LogP contribution in [0.3, 0.4) is 0 Å². The van der Waals surface area contributed by atoms with Gasteiger partial charge in [0.25, 0.3) is 0 Å². The lowest BCUT2D eigenvalue weighted by molar-refractivity contribution is -0.117. The molecule has 1 aromatic rings. The van der Waals surface area contributed by atoms with Gasteiger partial charge >= 0.3 is 0 Å². The van der Waals surface area contributed by atoms with Gasteiger partial charge in [-0.25, -0.2) is 0 Å². The zero-order chi connectivity index (χ0) is 14.4. The van der Waals surface area contributed by atoms with Gasteiger partial charge in [-0.1, -0.05) is 37.1 Å². The molecule has 0 aliphatic carbocycles. The molecule has 1 atom stereocenters. The standard InChI is InChI=1S/C15H22ClNO2/c1-5-7-13-8-6-9-14(16)15(13)17(12(3)18)11(2)10-19-4/h6,8-9,11H,5,7,10H2,1-4H3. The highest BCUT2D eigenvalue weighted by Crippen LogP contribution is 2.32. The molecule has 1 rings (SSSR count). The first-order chi connectivity index (χ1) is 9.02. The number of amides is 1. The molecular weight excluding hydrogens is 262 g/mol. The van der Waals surface area contributed by atoms with Gasteiger partial charge in [0, 0.05) is 14.0 Å². The summed E-state index contributed by atoms with van der Waals surface area (Å²) in [4.78, 5) is 13.7. The molecule has 19 heavy (non-hydrogen) atoms. The van der Waals surface area contributed by atoms with Crippen molar-refractivity contribution in [3.63, 3.8) is 0 Å². The van der Waals surface area contributed by atoms with Crippen molar-refractivity contribution < 1.29 is 9.53 Å². The highest BCUT2D eigenvalue weighted by Gasteiger charge is 2.23. The van der Waals surface area contributed by atoms with E-state index in [9.17, 15) is 4.79 Å². The van der Waals surface area contributed by atoms with E-state index in [0.717, 1.165) is 24.1 Å². The number of aryl methyl sites for hydroxylation is 1. The quantitative estimate of drug-likeness (QED) is 0.797. The Balaban J connectivity index is 3.25. The predicted octanol–water partition coefficient (Wildman–Crippen LogP) is 3.68. The molecule has 0 saturated heterocycles. The number of anilines is 1. The second kappa shape index (κ2) is 7.51. The number of nitrogens with zero attached hydrogens (tertiary/aromatic N) is 1. The van der Waals surface area contributed by atoms with Gasteiger partial charge < -0.3 is 9.64 Å². The molecule has 1 unspecified atom stereocenters. The average Bonchev–Trinajstić information content (AvgIpc) is 2.33.